The van der Waals surface area contributed by atoms with Crippen molar-refractivity contribution >= 4 is 14.0 Å². The van der Waals surface area contributed by atoms with Crippen LogP contribution in [0, 0.1) is 0 Å². The monoisotopic (exact) mass is 212 g/mol. The van der Waals surface area contributed by atoms with Crippen LogP contribution in [0.15, 0.2) is 0 Å². The Kier molecular flexibility index (Phi) is 2.66. The van der Waals surface area contributed by atoms with Gasteiger partial charge < -0.3 is 18.6 Å². The van der Waals surface area contributed by atoms with Crippen molar-refractivity contribution in [2.24, 2.45) is 0 Å². The maximum Gasteiger partial charge on any atom is 0.488 e. The van der Waals surface area contributed by atoms with E-state index in [1.807, 2.05) is 34.6 Å². The summed E-state index contributed by atoms with van der Waals surface area (Å²) in [6, 6.07) is 0. The van der Waals surface area contributed by atoms with Crippen LogP contribution in [-0.4, -0.2) is 37.9 Å². The molecule has 6 heteroatoms. The van der Waals surface area contributed by atoms with Crippen molar-refractivity contribution in [1.82, 2.24) is 0 Å². The van der Waals surface area contributed by atoms with E-state index in [4.69, 9.17) is 18.6 Å². The molecule has 2 aliphatic rings. The Hall–Kier alpha value is -0.0301. The zero-order valence-electron chi connectivity index (χ0n) is 10.1. The molecule has 2 saturated heterocycles. The predicted molar refractivity (Wildman–Crippen MR) is 58.3 cm³/mol. The van der Waals surface area contributed by atoms with E-state index in [0.29, 0.717) is 6.61 Å². The molecular weight excluding hydrogens is 194 g/mol. The highest BCUT2D eigenvalue weighted by Gasteiger charge is 2.55. The summed E-state index contributed by atoms with van der Waals surface area (Å²) in [4.78, 5) is 0. The standard InChI is InChI=1S/C9H18B2O4/c1-7-9(4,5)15-11(13-7)10-12-6-8(2,3)14-10/h7H,6H2,1-5H3. The van der Waals surface area contributed by atoms with Crippen LogP contribution in [0.4, 0.5) is 0 Å². The van der Waals surface area contributed by atoms with Gasteiger partial charge in [0.25, 0.3) is 0 Å². The van der Waals surface area contributed by atoms with Crippen LogP contribution in [0.2, 0.25) is 0 Å². The third-order valence-corrected chi connectivity index (χ3v) is 2.99. The second-order valence-corrected chi connectivity index (χ2v) is 5.42. The average Bonchev–Trinajstić information content (AvgIpc) is 2.54. The van der Waals surface area contributed by atoms with Gasteiger partial charge in [0.05, 0.1) is 23.9 Å². The number of hydrogen-bond donors (Lipinski definition) is 0. The summed E-state index contributed by atoms with van der Waals surface area (Å²) in [5, 5.41) is 0. The van der Waals surface area contributed by atoms with Crippen LogP contribution < -0.4 is 0 Å². The first-order valence-electron chi connectivity index (χ1n) is 5.43. The lowest BCUT2D eigenvalue weighted by molar-refractivity contribution is 0.0840. The highest BCUT2D eigenvalue weighted by Crippen LogP contribution is 2.31. The molecule has 0 bridgehead atoms. The Morgan fingerprint density at radius 2 is 1.73 bits per heavy atom. The molecule has 0 saturated carbocycles. The van der Waals surface area contributed by atoms with Crippen LogP contribution in [0.25, 0.3) is 0 Å². The minimum atomic E-state index is -0.406. The summed E-state index contributed by atoms with van der Waals surface area (Å²) >= 11 is 0. The zero-order chi connectivity index (χ0) is 11.3. The van der Waals surface area contributed by atoms with Gasteiger partial charge in [-0.25, -0.2) is 0 Å². The van der Waals surface area contributed by atoms with Gasteiger partial charge in [-0.2, -0.15) is 0 Å². The minimum Gasteiger partial charge on any atom is -0.410 e. The van der Waals surface area contributed by atoms with E-state index in [9.17, 15) is 0 Å². The number of rotatable bonds is 1. The molecule has 0 aromatic heterocycles. The Morgan fingerprint density at radius 3 is 2.13 bits per heavy atom. The fraction of sp³-hybridized carbons (Fsp3) is 1.00. The van der Waals surface area contributed by atoms with Crippen LogP contribution in [0.3, 0.4) is 0 Å². The predicted octanol–water partition coefficient (Wildman–Crippen LogP) is 1.08. The van der Waals surface area contributed by atoms with E-state index < -0.39 is 14.0 Å². The van der Waals surface area contributed by atoms with Crippen LogP contribution in [0.1, 0.15) is 34.6 Å². The van der Waals surface area contributed by atoms with Crippen molar-refractivity contribution in [2.75, 3.05) is 6.61 Å². The molecule has 0 aliphatic carbocycles. The minimum absolute atomic E-state index is 0.0541. The maximum absolute atomic E-state index is 5.77. The van der Waals surface area contributed by atoms with Gasteiger partial charge in [-0.1, -0.05) is 0 Å². The van der Waals surface area contributed by atoms with E-state index in [1.165, 1.54) is 0 Å². The van der Waals surface area contributed by atoms with Crippen LogP contribution in [0.5, 0.6) is 0 Å². The smallest absolute Gasteiger partial charge is 0.410 e. The molecule has 0 aromatic carbocycles. The molecule has 0 radical (unpaired) electrons. The Bertz CT molecular complexity index is 256. The molecular formula is C9H18B2O4. The summed E-state index contributed by atoms with van der Waals surface area (Å²) in [7, 11) is -0.805. The Labute approximate surface area is 91.9 Å². The lowest BCUT2D eigenvalue weighted by Crippen LogP contribution is -2.41. The maximum atomic E-state index is 5.77. The first kappa shape index (κ1) is 11.5. The normalized spacial score (nSPS) is 33.8. The van der Waals surface area contributed by atoms with Gasteiger partial charge >= 0.3 is 14.0 Å². The molecule has 4 nitrogen and oxygen atoms in total. The number of hydrogen-bond acceptors (Lipinski definition) is 4. The van der Waals surface area contributed by atoms with Crippen molar-refractivity contribution in [3.05, 3.63) is 0 Å². The van der Waals surface area contributed by atoms with Crippen molar-refractivity contribution in [3.63, 3.8) is 0 Å². The van der Waals surface area contributed by atoms with Crippen molar-refractivity contribution < 1.29 is 18.6 Å². The fourth-order valence-corrected chi connectivity index (χ4v) is 1.71. The van der Waals surface area contributed by atoms with Gasteiger partial charge in [0.15, 0.2) is 0 Å². The molecule has 2 aliphatic heterocycles. The van der Waals surface area contributed by atoms with Gasteiger partial charge in [0.1, 0.15) is 0 Å². The highest BCUT2D eigenvalue weighted by atomic mass is 16.7. The van der Waals surface area contributed by atoms with Crippen molar-refractivity contribution in [3.8, 4) is 0 Å². The molecule has 0 spiro atoms. The van der Waals surface area contributed by atoms with Gasteiger partial charge in [0, 0.05) is 0 Å². The van der Waals surface area contributed by atoms with Crippen LogP contribution in [-0.2, 0) is 18.6 Å². The molecule has 15 heavy (non-hydrogen) atoms. The zero-order valence-corrected chi connectivity index (χ0v) is 10.1. The third-order valence-electron chi connectivity index (χ3n) is 2.99. The molecule has 1 unspecified atom stereocenters. The summed E-state index contributed by atoms with van der Waals surface area (Å²) in [5.74, 6) is 0. The van der Waals surface area contributed by atoms with E-state index >= 15 is 0 Å². The summed E-state index contributed by atoms with van der Waals surface area (Å²) in [5.41, 5.74) is -0.516. The van der Waals surface area contributed by atoms with Crippen molar-refractivity contribution in [1.29, 1.82) is 0 Å². The molecule has 2 fully saturated rings. The van der Waals surface area contributed by atoms with Crippen molar-refractivity contribution in [2.45, 2.75) is 51.9 Å². The molecule has 0 amide bonds. The van der Waals surface area contributed by atoms with Gasteiger partial charge in [-0.05, 0) is 34.6 Å². The first-order valence-corrected chi connectivity index (χ1v) is 5.43. The fourth-order valence-electron chi connectivity index (χ4n) is 1.71. The molecule has 2 rings (SSSR count). The largest absolute Gasteiger partial charge is 0.488 e. The van der Waals surface area contributed by atoms with Gasteiger partial charge in [-0.3, -0.25) is 0 Å². The van der Waals surface area contributed by atoms with E-state index in [1.54, 1.807) is 0 Å². The first-order chi connectivity index (χ1) is 6.80. The second-order valence-electron chi connectivity index (χ2n) is 5.42. The lowest BCUT2D eigenvalue weighted by Gasteiger charge is -2.21. The van der Waals surface area contributed by atoms with E-state index in [0.717, 1.165) is 0 Å². The summed E-state index contributed by atoms with van der Waals surface area (Å²) in [6.45, 7) is 10.6. The van der Waals surface area contributed by atoms with Crippen LogP contribution >= 0.6 is 0 Å². The van der Waals surface area contributed by atoms with E-state index in [-0.39, 0.29) is 17.3 Å². The lowest BCUT2D eigenvalue weighted by atomic mass is 9.49. The SMILES string of the molecule is CC1OB(B2OCC(C)(C)O2)OC1(C)C. The third kappa shape index (κ3) is 2.23. The summed E-state index contributed by atoms with van der Waals surface area (Å²) < 4.78 is 22.7. The highest BCUT2D eigenvalue weighted by molar-refractivity contribution is 7.11. The molecule has 0 N–H and O–H groups in total. The molecule has 84 valence electrons. The Balaban J connectivity index is 1.98. The molecule has 1 atom stereocenters. The second kappa shape index (κ2) is 3.48. The van der Waals surface area contributed by atoms with Gasteiger partial charge in [0.2, 0.25) is 0 Å². The quantitative estimate of drug-likeness (QED) is 0.609. The Morgan fingerprint density at radius 1 is 1.07 bits per heavy atom. The topological polar surface area (TPSA) is 36.9 Å². The van der Waals surface area contributed by atoms with Gasteiger partial charge in [-0.15, -0.1) is 0 Å². The average molecular weight is 212 g/mol. The van der Waals surface area contributed by atoms with E-state index in [2.05, 4.69) is 0 Å². The summed E-state index contributed by atoms with van der Waals surface area (Å²) in [6.07, 6.45) is 0.0541. The molecule has 2 heterocycles. The molecule has 0 aromatic rings.